The largest absolute Gasteiger partial charge is 0.477 e. The Balaban J connectivity index is 2.20. The zero-order valence-corrected chi connectivity index (χ0v) is 13.3. The first-order valence-corrected chi connectivity index (χ1v) is 7.72. The van der Waals surface area contributed by atoms with E-state index < -0.39 is 10.9 Å². The molecule has 1 aromatic carbocycles. The number of carboxylic acid groups (broad SMARTS) is 1. The lowest BCUT2D eigenvalue weighted by atomic mass is 10.1. The Morgan fingerprint density at radius 1 is 1.48 bits per heavy atom. The Labute approximate surface area is 135 Å². The molecule has 3 rings (SSSR count). The Morgan fingerprint density at radius 2 is 2.22 bits per heavy atom. The normalized spacial score (nSPS) is 11.0. The zero-order valence-electron chi connectivity index (χ0n) is 12.4. The first-order chi connectivity index (χ1) is 10.9. The minimum atomic E-state index is -1.02. The van der Waals surface area contributed by atoms with Gasteiger partial charge < -0.3 is 9.67 Å². The molecule has 2 heterocycles. The van der Waals surface area contributed by atoms with E-state index in [1.54, 1.807) is 19.1 Å². The van der Waals surface area contributed by atoms with Crippen molar-refractivity contribution in [3.05, 3.63) is 45.1 Å². The van der Waals surface area contributed by atoms with E-state index >= 15 is 0 Å². The molecule has 1 N–H and O–H groups in total. The molecule has 0 fully saturated rings. The van der Waals surface area contributed by atoms with E-state index in [1.165, 1.54) is 6.20 Å². The van der Waals surface area contributed by atoms with Crippen LogP contribution in [0.2, 0.25) is 0 Å². The van der Waals surface area contributed by atoms with E-state index in [1.807, 2.05) is 17.6 Å². The van der Waals surface area contributed by atoms with Crippen molar-refractivity contribution in [2.24, 2.45) is 0 Å². The molecular weight excluding hydrogens is 318 g/mol. The number of thiazole rings is 1. The molecule has 0 amide bonds. The number of carbonyl (C=O) groups is 1. The van der Waals surface area contributed by atoms with Gasteiger partial charge in [0.15, 0.2) is 0 Å². The number of fused-ring (bicyclic) bond motifs is 1. The van der Waals surface area contributed by atoms with Gasteiger partial charge in [0.2, 0.25) is 0 Å². The topological polar surface area (TPSA) is 98.3 Å². The van der Waals surface area contributed by atoms with Gasteiger partial charge in [0.1, 0.15) is 9.88 Å². The van der Waals surface area contributed by atoms with Gasteiger partial charge in [0.25, 0.3) is 5.69 Å². The number of aromatic nitrogens is 2. The van der Waals surface area contributed by atoms with Crippen molar-refractivity contribution >= 4 is 33.9 Å². The van der Waals surface area contributed by atoms with Crippen LogP contribution in [0.25, 0.3) is 21.5 Å². The van der Waals surface area contributed by atoms with Gasteiger partial charge in [-0.3, -0.25) is 10.1 Å². The van der Waals surface area contributed by atoms with Gasteiger partial charge in [0.05, 0.1) is 27.7 Å². The van der Waals surface area contributed by atoms with Gasteiger partial charge in [-0.15, -0.1) is 11.3 Å². The minimum Gasteiger partial charge on any atom is -0.477 e. The summed E-state index contributed by atoms with van der Waals surface area (Å²) < 4.78 is 1.81. The van der Waals surface area contributed by atoms with E-state index in [9.17, 15) is 14.9 Å². The number of rotatable bonds is 4. The second-order valence-electron chi connectivity index (χ2n) is 5.03. The number of hydrogen-bond donors (Lipinski definition) is 1. The molecule has 118 valence electrons. The van der Waals surface area contributed by atoms with Crippen molar-refractivity contribution < 1.29 is 14.8 Å². The van der Waals surface area contributed by atoms with Gasteiger partial charge >= 0.3 is 5.97 Å². The lowest BCUT2D eigenvalue weighted by Gasteiger charge is -2.00. The molecule has 23 heavy (non-hydrogen) atoms. The molecule has 0 radical (unpaired) electrons. The number of aromatic carboxylic acids is 1. The number of carboxylic acids is 1. The molecular formula is C15H13N3O4S. The second kappa shape index (κ2) is 5.47. The molecule has 0 bridgehead atoms. The highest BCUT2D eigenvalue weighted by molar-refractivity contribution is 7.17. The maximum absolute atomic E-state index is 11.2. The fraction of sp³-hybridized carbons (Fsp3) is 0.200. The summed E-state index contributed by atoms with van der Waals surface area (Å²) in [4.78, 5) is 26.4. The first-order valence-electron chi connectivity index (χ1n) is 6.90. The fourth-order valence-corrected chi connectivity index (χ4v) is 3.44. The molecule has 7 nitrogen and oxygen atoms in total. The highest BCUT2D eigenvalue weighted by atomic mass is 32.1. The molecule has 0 atom stereocenters. The number of benzene rings is 1. The van der Waals surface area contributed by atoms with Crippen molar-refractivity contribution in [1.82, 2.24) is 9.55 Å². The number of nitro groups is 1. The zero-order chi connectivity index (χ0) is 16.7. The van der Waals surface area contributed by atoms with Crippen LogP contribution in [0.5, 0.6) is 0 Å². The predicted molar refractivity (Wildman–Crippen MR) is 87.1 cm³/mol. The molecule has 0 aliphatic rings. The summed E-state index contributed by atoms with van der Waals surface area (Å²) >= 11 is 1.07. The van der Waals surface area contributed by atoms with Crippen molar-refractivity contribution in [1.29, 1.82) is 0 Å². The monoisotopic (exact) mass is 331 g/mol. The van der Waals surface area contributed by atoms with Gasteiger partial charge in [-0.25, -0.2) is 9.78 Å². The van der Waals surface area contributed by atoms with Crippen LogP contribution in [-0.4, -0.2) is 25.6 Å². The highest BCUT2D eigenvalue weighted by Crippen LogP contribution is 2.34. The number of nitrogens with zero attached hydrogens (tertiary/aromatic N) is 3. The second-order valence-corrected chi connectivity index (χ2v) is 6.03. The molecule has 8 heteroatoms. The van der Waals surface area contributed by atoms with Crippen LogP contribution in [0.15, 0.2) is 24.4 Å². The van der Waals surface area contributed by atoms with Crippen molar-refractivity contribution in [3.63, 3.8) is 0 Å². The maximum Gasteiger partial charge on any atom is 0.347 e. The third kappa shape index (κ3) is 2.46. The molecule has 3 aromatic rings. The molecule has 0 unspecified atom stereocenters. The smallest absolute Gasteiger partial charge is 0.347 e. The van der Waals surface area contributed by atoms with Gasteiger partial charge in [-0.05, 0) is 32.0 Å². The predicted octanol–water partition coefficient (Wildman–Crippen LogP) is 3.70. The summed E-state index contributed by atoms with van der Waals surface area (Å²) in [5, 5.41) is 21.4. The molecule has 0 saturated heterocycles. The van der Waals surface area contributed by atoms with Crippen molar-refractivity contribution in [2.75, 3.05) is 0 Å². The average Bonchev–Trinajstić information content (AvgIpc) is 3.07. The van der Waals surface area contributed by atoms with Gasteiger partial charge in [0, 0.05) is 12.1 Å². The summed E-state index contributed by atoms with van der Waals surface area (Å²) in [5.41, 5.74) is 1.93. The Morgan fingerprint density at radius 3 is 2.78 bits per heavy atom. The summed E-state index contributed by atoms with van der Waals surface area (Å²) in [6.45, 7) is 4.18. The highest BCUT2D eigenvalue weighted by Gasteiger charge is 2.20. The van der Waals surface area contributed by atoms with E-state index in [0.717, 1.165) is 16.9 Å². The van der Waals surface area contributed by atoms with Crippen molar-refractivity contribution in [3.8, 4) is 10.6 Å². The van der Waals surface area contributed by atoms with Crippen LogP contribution in [-0.2, 0) is 6.54 Å². The van der Waals surface area contributed by atoms with E-state index in [2.05, 4.69) is 4.98 Å². The molecule has 0 aliphatic heterocycles. The van der Waals surface area contributed by atoms with Crippen LogP contribution in [0.4, 0.5) is 5.69 Å². The van der Waals surface area contributed by atoms with Crippen LogP contribution >= 0.6 is 11.3 Å². The number of hydrogen-bond acceptors (Lipinski definition) is 5. The van der Waals surface area contributed by atoms with Crippen LogP contribution in [0.1, 0.15) is 22.3 Å². The van der Waals surface area contributed by atoms with Crippen molar-refractivity contribution in [2.45, 2.75) is 20.4 Å². The fourth-order valence-electron chi connectivity index (χ4n) is 2.54. The molecule has 2 aromatic heterocycles. The minimum absolute atomic E-state index is 0.0374. The summed E-state index contributed by atoms with van der Waals surface area (Å²) in [7, 11) is 0. The van der Waals surface area contributed by atoms with Crippen LogP contribution in [0, 0.1) is 17.0 Å². The SMILES string of the molecule is CCn1cc([N+](=O)[O-])c2cc(-c3nc(C)c(C(=O)O)s3)ccc21. The number of aryl methyl sites for hydroxylation is 2. The van der Waals surface area contributed by atoms with Gasteiger partial charge in [-0.2, -0.15) is 0 Å². The lowest BCUT2D eigenvalue weighted by Crippen LogP contribution is -1.94. The maximum atomic E-state index is 11.2. The molecule has 0 saturated carbocycles. The quantitative estimate of drug-likeness (QED) is 0.580. The Bertz CT molecular complexity index is 942. The van der Waals surface area contributed by atoms with E-state index in [0.29, 0.717) is 28.2 Å². The summed E-state index contributed by atoms with van der Waals surface area (Å²) in [5.74, 6) is -1.02. The third-order valence-corrected chi connectivity index (χ3v) is 4.83. The van der Waals surface area contributed by atoms with E-state index in [-0.39, 0.29) is 10.6 Å². The first kappa shape index (κ1) is 15.2. The van der Waals surface area contributed by atoms with Crippen LogP contribution < -0.4 is 0 Å². The molecule has 0 aliphatic carbocycles. The third-order valence-electron chi connectivity index (χ3n) is 3.64. The molecule has 0 spiro atoms. The summed E-state index contributed by atoms with van der Waals surface area (Å²) in [6.07, 6.45) is 1.52. The van der Waals surface area contributed by atoms with E-state index in [4.69, 9.17) is 5.11 Å². The standard InChI is InChI=1S/C15H13N3O4S/c1-3-17-7-12(18(21)22)10-6-9(4-5-11(10)17)14-16-8(2)13(23-14)15(19)20/h4-7H,3H2,1-2H3,(H,19,20). The van der Waals surface area contributed by atoms with Crippen LogP contribution in [0.3, 0.4) is 0 Å². The Hall–Kier alpha value is -2.74. The lowest BCUT2D eigenvalue weighted by molar-refractivity contribution is -0.383. The Kier molecular flexibility index (Phi) is 3.61. The average molecular weight is 331 g/mol. The summed E-state index contributed by atoms with van der Waals surface area (Å²) in [6, 6.07) is 5.31. The van der Waals surface area contributed by atoms with Gasteiger partial charge in [-0.1, -0.05) is 0 Å².